The van der Waals surface area contributed by atoms with E-state index in [0.29, 0.717) is 11.3 Å². The van der Waals surface area contributed by atoms with Gasteiger partial charge in [-0.05, 0) is 44.2 Å². The van der Waals surface area contributed by atoms with E-state index in [-0.39, 0.29) is 24.4 Å². The lowest BCUT2D eigenvalue weighted by molar-refractivity contribution is -0.114. The fourth-order valence-corrected chi connectivity index (χ4v) is 2.03. The van der Waals surface area contributed by atoms with Gasteiger partial charge < -0.3 is 16.0 Å². The maximum absolute atomic E-state index is 12.0. The van der Waals surface area contributed by atoms with Gasteiger partial charge in [-0.25, -0.2) is 0 Å². The van der Waals surface area contributed by atoms with Crippen molar-refractivity contribution in [3.63, 3.8) is 0 Å². The fourth-order valence-electron chi connectivity index (χ4n) is 2.03. The lowest BCUT2D eigenvalue weighted by Gasteiger charge is -2.11. The number of nitrogens with one attached hydrogen (secondary N) is 3. The van der Waals surface area contributed by atoms with Crippen LogP contribution in [0.15, 0.2) is 54.6 Å². The van der Waals surface area contributed by atoms with Crippen LogP contribution < -0.4 is 16.0 Å². The highest BCUT2D eigenvalue weighted by molar-refractivity contribution is 5.98. The zero-order chi connectivity index (χ0) is 16.7. The van der Waals surface area contributed by atoms with Crippen LogP contribution >= 0.6 is 0 Å². The van der Waals surface area contributed by atoms with Crippen molar-refractivity contribution in [1.29, 1.82) is 0 Å². The molecule has 0 heterocycles. The highest BCUT2D eigenvalue weighted by atomic mass is 16.2. The maximum atomic E-state index is 12.0. The van der Waals surface area contributed by atoms with Crippen LogP contribution in [0.2, 0.25) is 0 Å². The summed E-state index contributed by atoms with van der Waals surface area (Å²) in [5.41, 5.74) is 2.00. The van der Waals surface area contributed by atoms with Gasteiger partial charge in [0.1, 0.15) is 0 Å². The second-order valence-electron chi connectivity index (χ2n) is 5.48. The van der Waals surface area contributed by atoms with Crippen molar-refractivity contribution < 1.29 is 9.59 Å². The van der Waals surface area contributed by atoms with Crippen LogP contribution in [-0.2, 0) is 4.79 Å². The van der Waals surface area contributed by atoms with Crippen LogP contribution in [0, 0.1) is 0 Å². The molecule has 120 valence electrons. The zero-order valence-corrected chi connectivity index (χ0v) is 13.3. The summed E-state index contributed by atoms with van der Waals surface area (Å²) in [4.78, 5) is 23.9. The summed E-state index contributed by atoms with van der Waals surface area (Å²) in [5.74, 6) is -0.325. The molecule has 2 rings (SSSR count). The summed E-state index contributed by atoms with van der Waals surface area (Å²) in [6, 6.07) is 16.5. The molecule has 0 bridgehead atoms. The Morgan fingerprint density at radius 2 is 1.65 bits per heavy atom. The summed E-state index contributed by atoms with van der Waals surface area (Å²) in [5, 5.41) is 8.64. The Morgan fingerprint density at radius 3 is 2.35 bits per heavy atom. The normalized spacial score (nSPS) is 10.2. The van der Waals surface area contributed by atoms with E-state index < -0.39 is 0 Å². The molecule has 0 aliphatic heterocycles. The van der Waals surface area contributed by atoms with Gasteiger partial charge >= 0.3 is 0 Å². The molecule has 3 N–H and O–H groups in total. The molecule has 0 radical (unpaired) electrons. The van der Waals surface area contributed by atoms with Gasteiger partial charge in [0.25, 0.3) is 5.91 Å². The first kappa shape index (κ1) is 16.5. The Hall–Kier alpha value is -2.82. The number of benzene rings is 2. The molecule has 5 heteroatoms. The fraction of sp³-hybridized carbons (Fsp3) is 0.222. The van der Waals surface area contributed by atoms with E-state index in [1.54, 1.807) is 24.3 Å². The molecule has 23 heavy (non-hydrogen) atoms. The number of carbonyl (C=O) groups excluding carboxylic acids is 2. The Bertz CT molecular complexity index is 669. The first-order valence-corrected chi connectivity index (χ1v) is 7.54. The molecule has 0 saturated carbocycles. The molecular weight excluding hydrogens is 290 g/mol. The van der Waals surface area contributed by atoms with Gasteiger partial charge in [-0.2, -0.15) is 0 Å². The summed E-state index contributed by atoms with van der Waals surface area (Å²) in [6.07, 6.45) is 0. The number of anilines is 2. The van der Waals surface area contributed by atoms with Crippen LogP contribution in [0.3, 0.4) is 0 Å². The van der Waals surface area contributed by atoms with Crippen molar-refractivity contribution in [2.45, 2.75) is 19.9 Å². The monoisotopic (exact) mass is 311 g/mol. The highest BCUT2D eigenvalue weighted by Gasteiger charge is 2.08. The second kappa shape index (κ2) is 7.98. The number of hydrogen-bond donors (Lipinski definition) is 3. The van der Waals surface area contributed by atoms with E-state index in [2.05, 4.69) is 16.0 Å². The van der Waals surface area contributed by atoms with Gasteiger partial charge in [0, 0.05) is 23.0 Å². The molecule has 5 nitrogen and oxygen atoms in total. The highest BCUT2D eigenvalue weighted by Crippen LogP contribution is 2.11. The smallest absolute Gasteiger partial charge is 0.251 e. The Morgan fingerprint density at radius 1 is 0.957 bits per heavy atom. The third kappa shape index (κ3) is 5.47. The largest absolute Gasteiger partial charge is 0.376 e. The Labute approximate surface area is 136 Å². The van der Waals surface area contributed by atoms with Crippen molar-refractivity contribution in [3.8, 4) is 0 Å². The number of amides is 2. The van der Waals surface area contributed by atoms with Crippen molar-refractivity contribution >= 4 is 23.2 Å². The Balaban J connectivity index is 1.92. The molecule has 2 amide bonds. The van der Waals surface area contributed by atoms with Gasteiger partial charge in [-0.1, -0.05) is 24.3 Å². The summed E-state index contributed by atoms with van der Waals surface area (Å²) in [7, 11) is 0. The topological polar surface area (TPSA) is 70.2 Å². The van der Waals surface area contributed by atoms with Crippen molar-refractivity contribution in [1.82, 2.24) is 5.32 Å². The summed E-state index contributed by atoms with van der Waals surface area (Å²) in [6.45, 7) is 3.96. The minimum atomic E-state index is -0.171. The molecule has 0 aliphatic carbocycles. The lowest BCUT2D eigenvalue weighted by Crippen LogP contribution is -2.30. The van der Waals surface area contributed by atoms with Gasteiger partial charge in [0.2, 0.25) is 5.91 Å². The third-order valence-corrected chi connectivity index (χ3v) is 3.06. The lowest BCUT2D eigenvalue weighted by atomic mass is 10.1. The van der Waals surface area contributed by atoms with Gasteiger partial charge in [-0.3, -0.25) is 9.59 Å². The predicted molar refractivity (Wildman–Crippen MR) is 92.6 cm³/mol. The van der Waals surface area contributed by atoms with E-state index in [1.807, 2.05) is 44.2 Å². The van der Waals surface area contributed by atoms with Crippen LogP contribution in [-0.4, -0.2) is 24.4 Å². The molecule has 0 aliphatic rings. The van der Waals surface area contributed by atoms with E-state index in [4.69, 9.17) is 0 Å². The van der Waals surface area contributed by atoms with Gasteiger partial charge in [0.05, 0.1) is 6.54 Å². The minimum absolute atomic E-state index is 0.0656. The average molecular weight is 311 g/mol. The standard InChI is InChI=1S/C18H21N3O2/c1-13(2)20-18(23)14-7-6-10-16(11-14)21-17(22)12-19-15-8-4-3-5-9-15/h3-11,13,19H,12H2,1-2H3,(H,20,23)(H,21,22). The summed E-state index contributed by atoms with van der Waals surface area (Å²) >= 11 is 0. The van der Waals surface area contributed by atoms with Crippen molar-refractivity contribution in [3.05, 3.63) is 60.2 Å². The SMILES string of the molecule is CC(C)NC(=O)c1cccc(NC(=O)CNc2ccccc2)c1. The maximum Gasteiger partial charge on any atom is 0.251 e. The van der Waals surface area contributed by atoms with Crippen molar-refractivity contribution in [2.75, 3.05) is 17.2 Å². The number of rotatable bonds is 6. The second-order valence-corrected chi connectivity index (χ2v) is 5.48. The minimum Gasteiger partial charge on any atom is -0.376 e. The Kier molecular flexibility index (Phi) is 5.74. The number of carbonyl (C=O) groups is 2. The summed E-state index contributed by atoms with van der Waals surface area (Å²) < 4.78 is 0. The number of para-hydroxylation sites is 1. The average Bonchev–Trinajstić information content (AvgIpc) is 2.53. The van der Waals surface area contributed by atoms with Gasteiger partial charge in [-0.15, -0.1) is 0 Å². The van der Waals surface area contributed by atoms with E-state index >= 15 is 0 Å². The first-order valence-electron chi connectivity index (χ1n) is 7.54. The molecular formula is C18H21N3O2. The quantitative estimate of drug-likeness (QED) is 0.768. The molecule has 0 spiro atoms. The zero-order valence-electron chi connectivity index (χ0n) is 13.3. The molecule has 0 fully saturated rings. The van der Waals surface area contributed by atoms with Crippen LogP contribution in [0.5, 0.6) is 0 Å². The molecule has 0 unspecified atom stereocenters. The van der Waals surface area contributed by atoms with Crippen LogP contribution in [0.25, 0.3) is 0 Å². The molecule has 2 aromatic carbocycles. The van der Waals surface area contributed by atoms with Gasteiger partial charge in [0.15, 0.2) is 0 Å². The molecule has 0 saturated heterocycles. The van der Waals surface area contributed by atoms with E-state index in [0.717, 1.165) is 5.69 Å². The van der Waals surface area contributed by atoms with Crippen LogP contribution in [0.1, 0.15) is 24.2 Å². The third-order valence-electron chi connectivity index (χ3n) is 3.06. The number of hydrogen-bond acceptors (Lipinski definition) is 3. The van der Waals surface area contributed by atoms with E-state index in [1.165, 1.54) is 0 Å². The molecule has 0 atom stereocenters. The van der Waals surface area contributed by atoms with Crippen molar-refractivity contribution in [2.24, 2.45) is 0 Å². The van der Waals surface area contributed by atoms with E-state index in [9.17, 15) is 9.59 Å². The first-order chi connectivity index (χ1) is 11.0. The predicted octanol–water partition coefficient (Wildman–Crippen LogP) is 2.88. The van der Waals surface area contributed by atoms with Crippen LogP contribution in [0.4, 0.5) is 11.4 Å². The molecule has 0 aromatic heterocycles. The molecule has 2 aromatic rings.